The zero-order valence-electron chi connectivity index (χ0n) is 10.4. The highest BCUT2D eigenvalue weighted by Gasteiger charge is 2.36. The molecule has 9 heteroatoms. The van der Waals surface area contributed by atoms with Crippen molar-refractivity contribution in [1.29, 1.82) is 0 Å². The van der Waals surface area contributed by atoms with Crippen molar-refractivity contribution in [2.24, 2.45) is 0 Å². The molecule has 1 aromatic carbocycles. The quantitative estimate of drug-likeness (QED) is 0.847. The molecule has 0 saturated carbocycles. The maximum absolute atomic E-state index is 12.6. The van der Waals surface area contributed by atoms with Gasteiger partial charge in [0.15, 0.2) is 0 Å². The average molecular weight is 331 g/mol. The summed E-state index contributed by atoms with van der Waals surface area (Å²) in [5.74, 6) is 0.146. The lowest BCUT2D eigenvalue weighted by molar-refractivity contribution is -0.137. The SMILES string of the molecule is O=C1CS[C@H](c2ccc(C(F)(F)F)cc2)N1c1nncs1. The zero-order chi connectivity index (χ0) is 15.0. The van der Waals surface area contributed by atoms with E-state index in [0.29, 0.717) is 10.7 Å². The Bertz CT molecular complexity index is 643. The van der Waals surface area contributed by atoms with Gasteiger partial charge in [0.1, 0.15) is 10.9 Å². The molecule has 0 bridgehead atoms. The Morgan fingerprint density at radius 1 is 1.24 bits per heavy atom. The summed E-state index contributed by atoms with van der Waals surface area (Å²) in [5.41, 5.74) is 1.44. The normalized spacial score (nSPS) is 19.3. The lowest BCUT2D eigenvalue weighted by Crippen LogP contribution is -2.27. The van der Waals surface area contributed by atoms with E-state index in [1.165, 1.54) is 45.6 Å². The summed E-state index contributed by atoms with van der Waals surface area (Å²) in [5, 5.41) is 7.64. The number of anilines is 1. The Morgan fingerprint density at radius 3 is 2.52 bits per heavy atom. The van der Waals surface area contributed by atoms with Gasteiger partial charge in [-0.05, 0) is 17.7 Å². The van der Waals surface area contributed by atoms with E-state index < -0.39 is 11.7 Å². The van der Waals surface area contributed by atoms with E-state index >= 15 is 0 Å². The van der Waals surface area contributed by atoms with Gasteiger partial charge in [-0.3, -0.25) is 9.69 Å². The minimum Gasteiger partial charge on any atom is -0.273 e. The van der Waals surface area contributed by atoms with Gasteiger partial charge in [0.2, 0.25) is 11.0 Å². The van der Waals surface area contributed by atoms with E-state index in [4.69, 9.17) is 0 Å². The van der Waals surface area contributed by atoms with Crippen molar-refractivity contribution in [3.05, 3.63) is 40.9 Å². The molecule has 1 atom stereocenters. The molecule has 0 spiro atoms. The molecule has 1 aliphatic rings. The monoisotopic (exact) mass is 331 g/mol. The number of aromatic nitrogens is 2. The second kappa shape index (κ2) is 5.30. The van der Waals surface area contributed by atoms with Crippen molar-refractivity contribution in [2.75, 3.05) is 10.7 Å². The molecule has 1 saturated heterocycles. The first-order chi connectivity index (χ1) is 9.97. The van der Waals surface area contributed by atoms with Crippen molar-refractivity contribution < 1.29 is 18.0 Å². The van der Waals surface area contributed by atoms with Crippen LogP contribution in [0.15, 0.2) is 29.8 Å². The van der Waals surface area contributed by atoms with Gasteiger partial charge in [-0.25, -0.2) is 0 Å². The third kappa shape index (κ3) is 2.75. The molecule has 2 heterocycles. The topological polar surface area (TPSA) is 46.1 Å². The van der Waals surface area contributed by atoms with E-state index in [1.54, 1.807) is 0 Å². The van der Waals surface area contributed by atoms with Crippen molar-refractivity contribution in [1.82, 2.24) is 10.2 Å². The molecule has 1 aromatic heterocycles. The van der Waals surface area contributed by atoms with Crippen molar-refractivity contribution in [3.63, 3.8) is 0 Å². The molecule has 110 valence electrons. The van der Waals surface area contributed by atoms with Crippen molar-refractivity contribution in [3.8, 4) is 0 Å². The molecule has 2 aromatic rings. The zero-order valence-corrected chi connectivity index (χ0v) is 12.0. The molecule has 0 aliphatic carbocycles. The van der Waals surface area contributed by atoms with E-state index in [9.17, 15) is 18.0 Å². The van der Waals surface area contributed by atoms with Crippen LogP contribution in [0.2, 0.25) is 0 Å². The minimum absolute atomic E-state index is 0.123. The average Bonchev–Trinajstić information content (AvgIpc) is 3.06. The number of nitrogens with zero attached hydrogens (tertiary/aromatic N) is 3. The lowest BCUT2D eigenvalue weighted by Gasteiger charge is -2.21. The highest BCUT2D eigenvalue weighted by atomic mass is 32.2. The molecular weight excluding hydrogens is 323 g/mol. The maximum Gasteiger partial charge on any atom is 0.416 e. The predicted octanol–water partition coefficient (Wildman–Crippen LogP) is 3.34. The standard InChI is InChI=1S/C12H8F3N3OS2/c13-12(14,15)8-3-1-7(2-4-8)10-18(9(19)5-20-10)11-17-16-6-21-11/h1-4,6,10H,5H2/t10-/m1/s1. The Balaban J connectivity index is 1.91. The first-order valence-electron chi connectivity index (χ1n) is 5.84. The van der Waals surface area contributed by atoms with Crippen LogP contribution in [0, 0.1) is 0 Å². The van der Waals surface area contributed by atoms with E-state index in [0.717, 1.165) is 12.1 Å². The highest BCUT2D eigenvalue weighted by Crippen LogP contribution is 2.42. The van der Waals surface area contributed by atoms with E-state index in [2.05, 4.69) is 10.2 Å². The van der Waals surface area contributed by atoms with Gasteiger partial charge >= 0.3 is 6.18 Å². The fourth-order valence-corrected chi connectivity index (χ4v) is 3.81. The van der Waals surface area contributed by atoms with Gasteiger partial charge in [-0.2, -0.15) is 13.2 Å². The van der Waals surface area contributed by atoms with Crippen LogP contribution < -0.4 is 4.90 Å². The Kier molecular flexibility index (Phi) is 3.62. The lowest BCUT2D eigenvalue weighted by atomic mass is 10.1. The van der Waals surface area contributed by atoms with Crippen molar-refractivity contribution >= 4 is 34.1 Å². The molecule has 4 nitrogen and oxygen atoms in total. The molecule has 1 fully saturated rings. The summed E-state index contributed by atoms with van der Waals surface area (Å²) in [6.07, 6.45) is -4.36. The summed E-state index contributed by atoms with van der Waals surface area (Å²) < 4.78 is 37.7. The number of amides is 1. The van der Waals surface area contributed by atoms with Gasteiger partial charge in [0, 0.05) is 0 Å². The van der Waals surface area contributed by atoms with Crippen LogP contribution in [0.1, 0.15) is 16.5 Å². The highest BCUT2D eigenvalue weighted by molar-refractivity contribution is 8.00. The summed E-state index contributed by atoms with van der Waals surface area (Å²) in [7, 11) is 0. The molecule has 0 radical (unpaired) electrons. The number of carbonyl (C=O) groups excluding carboxylic acids is 1. The van der Waals surface area contributed by atoms with E-state index in [1.807, 2.05) is 0 Å². The van der Waals surface area contributed by atoms with Crippen LogP contribution in [-0.2, 0) is 11.0 Å². The van der Waals surface area contributed by atoms with Crippen LogP contribution >= 0.6 is 23.1 Å². The largest absolute Gasteiger partial charge is 0.416 e. The fraction of sp³-hybridized carbons (Fsp3) is 0.250. The second-order valence-electron chi connectivity index (χ2n) is 4.27. The second-order valence-corrected chi connectivity index (χ2v) is 6.15. The predicted molar refractivity (Wildman–Crippen MR) is 74.0 cm³/mol. The minimum atomic E-state index is -4.36. The Labute approximate surface area is 126 Å². The molecular formula is C12H8F3N3OS2. The number of hydrogen-bond acceptors (Lipinski definition) is 5. The van der Waals surface area contributed by atoms with Crippen molar-refractivity contribution in [2.45, 2.75) is 11.6 Å². The van der Waals surface area contributed by atoms with Gasteiger partial charge in [0.25, 0.3) is 0 Å². The Morgan fingerprint density at radius 2 is 1.95 bits per heavy atom. The number of thioether (sulfide) groups is 1. The number of halogens is 3. The summed E-state index contributed by atoms with van der Waals surface area (Å²) in [6.45, 7) is 0. The third-order valence-electron chi connectivity index (χ3n) is 2.95. The molecule has 3 rings (SSSR count). The van der Waals surface area contributed by atoms with E-state index in [-0.39, 0.29) is 17.0 Å². The van der Waals surface area contributed by atoms with Crippen LogP contribution in [0.25, 0.3) is 0 Å². The third-order valence-corrected chi connectivity index (χ3v) is 4.85. The number of benzene rings is 1. The van der Waals surface area contributed by atoms with Crippen LogP contribution in [0.5, 0.6) is 0 Å². The maximum atomic E-state index is 12.6. The molecule has 0 unspecified atom stereocenters. The molecule has 1 amide bonds. The van der Waals surface area contributed by atoms with Crippen LogP contribution in [0.3, 0.4) is 0 Å². The number of hydrogen-bond donors (Lipinski definition) is 0. The Hall–Kier alpha value is -1.61. The molecule has 1 aliphatic heterocycles. The fourth-order valence-electron chi connectivity index (χ4n) is 1.99. The van der Waals surface area contributed by atoms with Gasteiger partial charge in [-0.1, -0.05) is 23.5 Å². The smallest absolute Gasteiger partial charge is 0.273 e. The van der Waals surface area contributed by atoms with Crippen LogP contribution in [0.4, 0.5) is 18.3 Å². The summed E-state index contributed by atoms with van der Waals surface area (Å²) in [6, 6.07) is 4.84. The number of alkyl halides is 3. The van der Waals surface area contributed by atoms with Gasteiger partial charge in [-0.15, -0.1) is 22.0 Å². The summed E-state index contributed by atoms with van der Waals surface area (Å²) >= 11 is 2.58. The first-order valence-corrected chi connectivity index (χ1v) is 7.76. The first kappa shape index (κ1) is 14.3. The van der Waals surface area contributed by atoms with Gasteiger partial charge < -0.3 is 0 Å². The summed E-state index contributed by atoms with van der Waals surface area (Å²) in [4.78, 5) is 13.4. The van der Waals surface area contributed by atoms with Gasteiger partial charge in [0.05, 0.1) is 11.3 Å². The molecule has 21 heavy (non-hydrogen) atoms. The molecule has 0 N–H and O–H groups in total. The number of carbonyl (C=O) groups is 1. The van der Waals surface area contributed by atoms with Crippen LogP contribution in [-0.4, -0.2) is 21.9 Å². The number of rotatable bonds is 2.